The van der Waals surface area contributed by atoms with Crippen LogP contribution in [-0.2, 0) is 19.6 Å². The van der Waals surface area contributed by atoms with Gasteiger partial charge in [-0.2, -0.15) is 0 Å². The van der Waals surface area contributed by atoms with Crippen molar-refractivity contribution in [2.24, 2.45) is 17.8 Å². The largest absolute Gasteiger partial charge is 0.320 e. The van der Waals surface area contributed by atoms with E-state index in [4.69, 9.17) is 0 Å². The molecule has 1 aromatic carbocycles. The van der Waals surface area contributed by atoms with Crippen molar-refractivity contribution in [2.45, 2.75) is 77.4 Å². The smallest absolute Gasteiger partial charge is 0.104 e. The van der Waals surface area contributed by atoms with Gasteiger partial charge in [-0.05, 0) is 93.7 Å². The summed E-state index contributed by atoms with van der Waals surface area (Å²) in [5, 5.41) is 0. The van der Waals surface area contributed by atoms with E-state index >= 15 is 0 Å². The van der Waals surface area contributed by atoms with Crippen LogP contribution in [0.4, 0.5) is 0 Å². The van der Waals surface area contributed by atoms with Crippen LogP contribution in [0, 0.1) is 17.8 Å². The highest BCUT2D eigenvalue weighted by Gasteiger charge is 2.43. The van der Waals surface area contributed by atoms with Crippen LogP contribution >= 0.6 is 0 Å². The Balaban J connectivity index is 1.18. The molecule has 0 N–H and O–H groups in total. The van der Waals surface area contributed by atoms with Crippen molar-refractivity contribution in [3.05, 3.63) is 34.9 Å². The lowest BCUT2D eigenvalue weighted by molar-refractivity contribution is -0.956. The normalized spacial score (nSPS) is 43.8. The minimum absolute atomic E-state index is 1.06. The molecule has 9 saturated heterocycles. The van der Waals surface area contributed by atoms with Crippen LogP contribution in [0.25, 0.3) is 0 Å². The van der Waals surface area contributed by atoms with E-state index in [2.05, 4.69) is 18.2 Å². The summed E-state index contributed by atoms with van der Waals surface area (Å²) in [6.45, 7) is 17.0. The topological polar surface area (TPSA) is 0 Å². The molecule has 10 rings (SSSR count). The van der Waals surface area contributed by atoms with Crippen LogP contribution in [0.2, 0.25) is 0 Å². The van der Waals surface area contributed by atoms with E-state index in [9.17, 15) is 0 Å². The predicted molar refractivity (Wildman–Crippen MR) is 134 cm³/mol. The SMILES string of the molecule is c1c(C[N+]23CCC(CC2)CC3)cc(C[N+]23CCC(CC2)CC3)cc1C[N+]12CCC(CC1)CC2. The van der Waals surface area contributed by atoms with Gasteiger partial charge in [0, 0.05) is 16.7 Å². The van der Waals surface area contributed by atoms with Crippen molar-refractivity contribution in [1.29, 1.82) is 0 Å². The molecule has 0 radical (unpaired) electrons. The number of benzene rings is 1. The molecule has 180 valence electrons. The van der Waals surface area contributed by atoms with E-state index in [1.165, 1.54) is 150 Å². The summed E-state index contributed by atoms with van der Waals surface area (Å²) < 4.78 is 4.22. The van der Waals surface area contributed by atoms with Gasteiger partial charge in [0.25, 0.3) is 0 Å². The van der Waals surface area contributed by atoms with Gasteiger partial charge in [0.2, 0.25) is 0 Å². The standard InChI is InChI=1S/C30H48N3/c1-10-31(11-2-25(1)3-12-31)22-28-19-29(23-32-13-4-26(5-14-32)6-15-32)21-30(20-28)24-33-16-7-27(8-17-33)9-18-33/h19-21,25-27H,1-18,22-24H2/q+3. The Morgan fingerprint density at radius 1 is 0.394 bits per heavy atom. The predicted octanol–water partition coefficient (Wildman–Crippen LogP) is 5.08. The number of nitrogens with zero attached hydrogens (tertiary/aromatic N) is 3. The number of hydrogen-bond donors (Lipinski definition) is 0. The minimum Gasteiger partial charge on any atom is -0.320 e. The molecule has 0 atom stereocenters. The molecule has 9 heterocycles. The molecule has 0 aromatic heterocycles. The van der Waals surface area contributed by atoms with E-state index < -0.39 is 0 Å². The Kier molecular flexibility index (Phi) is 5.23. The first-order chi connectivity index (χ1) is 16.1. The van der Waals surface area contributed by atoms with Gasteiger partial charge in [-0.1, -0.05) is 0 Å². The molecule has 3 heteroatoms. The second-order valence-corrected chi connectivity index (χ2v) is 13.9. The van der Waals surface area contributed by atoms with E-state index in [1.54, 1.807) is 16.7 Å². The number of piperidine rings is 9. The number of fused-ring (bicyclic) bond motifs is 9. The summed E-state index contributed by atoms with van der Waals surface area (Å²) in [6, 6.07) is 8.06. The quantitative estimate of drug-likeness (QED) is 0.530. The first-order valence-electron chi connectivity index (χ1n) is 14.8. The zero-order valence-corrected chi connectivity index (χ0v) is 21.2. The van der Waals surface area contributed by atoms with Crippen molar-refractivity contribution in [3.63, 3.8) is 0 Å². The molecule has 0 amide bonds. The molecule has 0 unspecified atom stereocenters. The van der Waals surface area contributed by atoms with Crippen LogP contribution in [0.15, 0.2) is 18.2 Å². The second kappa shape index (κ2) is 8.07. The number of rotatable bonds is 6. The fourth-order valence-corrected chi connectivity index (χ4v) is 9.40. The molecule has 3 nitrogen and oxygen atoms in total. The van der Waals surface area contributed by atoms with Crippen molar-refractivity contribution in [3.8, 4) is 0 Å². The lowest BCUT2D eigenvalue weighted by atomic mass is 9.84. The summed E-state index contributed by atoms with van der Waals surface area (Å²) in [7, 11) is 0. The second-order valence-electron chi connectivity index (χ2n) is 13.9. The van der Waals surface area contributed by atoms with Gasteiger partial charge in [-0.15, -0.1) is 0 Å². The van der Waals surface area contributed by atoms with E-state index in [-0.39, 0.29) is 0 Å². The molecule has 33 heavy (non-hydrogen) atoms. The maximum Gasteiger partial charge on any atom is 0.104 e. The zero-order valence-electron chi connectivity index (χ0n) is 21.2. The number of quaternary nitrogens is 3. The third kappa shape index (κ3) is 4.10. The van der Waals surface area contributed by atoms with Crippen LogP contribution in [0.1, 0.15) is 74.5 Å². The highest BCUT2D eigenvalue weighted by molar-refractivity contribution is 5.29. The highest BCUT2D eigenvalue weighted by Crippen LogP contribution is 2.39. The Labute approximate surface area is 202 Å². The van der Waals surface area contributed by atoms with Crippen molar-refractivity contribution < 1.29 is 13.4 Å². The summed E-state index contributed by atoms with van der Waals surface area (Å²) in [4.78, 5) is 0. The van der Waals surface area contributed by atoms with Crippen LogP contribution in [0.3, 0.4) is 0 Å². The Morgan fingerprint density at radius 3 is 0.818 bits per heavy atom. The molecule has 6 bridgehead atoms. The summed E-state index contributed by atoms with van der Waals surface area (Å²) in [6.07, 6.45) is 13.5. The maximum atomic E-state index is 2.69. The molecule has 0 spiro atoms. The van der Waals surface area contributed by atoms with Gasteiger partial charge in [0.05, 0.1) is 58.9 Å². The van der Waals surface area contributed by atoms with Crippen LogP contribution in [0.5, 0.6) is 0 Å². The summed E-state index contributed by atoms with van der Waals surface area (Å²) in [5.74, 6) is 3.17. The molecule has 0 aliphatic carbocycles. The molecular formula is C30H48N3+3. The van der Waals surface area contributed by atoms with Crippen LogP contribution < -0.4 is 0 Å². The van der Waals surface area contributed by atoms with Gasteiger partial charge >= 0.3 is 0 Å². The van der Waals surface area contributed by atoms with Crippen LogP contribution in [-0.4, -0.2) is 72.4 Å². The lowest BCUT2D eigenvalue weighted by Gasteiger charge is -2.50. The molecular weight excluding hydrogens is 402 g/mol. The van der Waals surface area contributed by atoms with E-state index in [1.807, 2.05) is 0 Å². The highest BCUT2D eigenvalue weighted by atomic mass is 15.4. The molecule has 0 saturated carbocycles. The molecule has 9 aliphatic heterocycles. The van der Waals surface area contributed by atoms with E-state index in [0.29, 0.717) is 0 Å². The van der Waals surface area contributed by atoms with Crippen molar-refractivity contribution in [1.82, 2.24) is 0 Å². The van der Waals surface area contributed by atoms with Crippen molar-refractivity contribution >= 4 is 0 Å². The van der Waals surface area contributed by atoms with Gasteiger partial charge in [-0.25, -0.2) is 0 Å². The Bertz CT molecular complexity index is 699. The third-order valence-corrected chi connectivity index (χ3v) is 11.8. The first-order valence-corrected chi connectivity index (χ1v) is 14.8. The molecule has 1 aromatic rings. The number of hydrogen-bond acceptors (Lipinski definition) is 0. The van der Waals surface area contributed by atoms with Gasteiger partial charge in [0.15, 0.2) is 0 Å². The summed E-state index contributed by atoms with van der Waals surface area (Å²) >= 11 is 0. The monoisotopic (exact) mass is 450 g/mol. The molecule has 9 aliphatic rings. The molecule has 9 fully saturated rings. The Morgan fingerprint density at radius 2 is 0.606 bits per heavy atom. The fraction of sp³-hybridized carbons (Fsp3) is 0.800. The fourth-order valence-electron chi connectivity index (χ4n) is 9.40. The van der Waals surface area contributed by atoms with Gasteiger partial charge in [0.1, 0.15) is 19.6 Å². The Hall–Kier alpha value is -0.900. The average molecular weight is 451 g/mol. The maximum absolute atomic E-state index is 2.69. The van der Waals surface area contributed by atoms with E-state index in [0.717, 1.165) is 17.8 Å². The average Bonchev–Trinajstić information content (AvgIpc) is 2.86. The van der Waals surface area contributed by atoms with Crippen molar-refractivity contribution in [2.75, 3.05) is 58.9 Å². The first kappa shape index (κ1) is 21.4. The third-order valence-electron chi connectivity index (χ3n) is 11.8. The minimum atomic E-state index is 1.06. The van der Waals surface area contributed by atoms with Gasteiger partial charge in [-0.3, -0.25) is 0 Å². The summed E-state index contributed by atoms with van der Waals surface area (Å²) in [5.41, 5.74) is 5.08. The zero-order chi connectivity index (χ0) is 21.9. The van der Waals surface area contributed by atoms with Gasteiger partial charge < -0.3 is 13.4 Å². The lowest BCUT2D eigenvalue weighted by Crippen LogP contribution is -2.58.